The van der Waals surface area contributed by atoms with Crippen LogP contribution in [0.15, 0.2) is 47.3 Å². The molecule has 0 spiro atoms. The van der Waals surface area contributed by atoms with E-state index < -0.39 is 0 Å². The number of rotatable bonds is 3. The summed E-state index contributed by atoms with van der Waals surface area (Å²) < 4.78 is 0. The lowest BCUT2D eigenvalue weighted by Gasteiger charge is -2.17. The Labute approximate surface area is 184 Å². The van der Waals surface area contributed by atoms with E-state index in [2.05, 4.69) is 23.2 Å². The molecule has 156 valence electrons. The highest BCUT2D eigenvalue weighted by Gasteiger charge is 2.25. The number of carbonyl (C=O) groups excluding carboxylic acids is 1. The third-order valence-electron chi connectivity index (χ3n) is 6.00. The van der Waals surface area contributed by atoms with Crippen LogP contribution in [-0.2, 0) is 4.79 Å². The third-order valence-corrected chi connectivity index (χ3v) is 7.10. The molecule has 0 unspecified atom stereocenters. The highest BCUT2D eigenvalue weighted by atomic mass is 32.1. The van der Waals surface area contributed by atoms with E-state index in [4.69, 9.17) is 4.98 Å². The van der Waals surface area contributed by atoms with Gasteiger partial charge < -0.3 is 9.88 Å². The highest BCUT2D eigenvalue weighted by Crippen LogP contribution is 2.28. The summed E-state index contributed by atoms with van der Waals surface area (Å²) in [4.78, 5) is 37.5. The van der Waals surface area contributed by atoms with Crippen molar-refractivity contribution in [2.24, 2.45) is 0 Å². The van der Waals surface area contributed by atoms with Crippen LogP contribution in [0.2, 0.25) is 0 Å². The van der Waals surface area contributed by atoms with Crippen LogP contribution in [0.1, 0.15) is 34.7 Å². The van der Waals surface area contributed by atoms with Gasteiger partial charge in [-0.3, -0.25) is 9.59 Å². The van der Waals surface area contributed by atoms with Crippen LogP contribution in [0, 0.1) is 13.8 Å². The number of benzene rings is 2. The molecule has 0 saturated carbocycles. The maximum atomic E-state index is 13.4. The predicted molar refractivity (Wildman–Crippen MR) is 127 cm³/mol. The van der Waals surface area contributed by atoms with Crippen molar-refractivity contribution in [3.63, 3.8) is 0 Å². The van der Waals surface area contributed by atoms with E-state index in [1.807, 2.05) is 49.1 Å². The normalized spacial score (nSPS) is 14.6. The van der Waals surface area contributed by atoms with E-state index in [9.17, 15) is 9.59 Å². The van der Waals surface area contributed by atoms with Gasteiger partial charge in [0.05, 0.1) is 11.0 Å². The summed E-state index contributed by atoms with van der Waals surface area (Å²) in [6.45, 7) is 5.39. The molecule has 4 aromatic rings. The number of nitrogens with zero attached hydrogens (tertiary/aromatic N) is 2. The van der Waals surface area contributed by atoms with E-state index in [-0.39, 0.29) is 11.5 Å². The fourth-order valence-corrected chi connectivity index (χ4v) is 5.20. The molecule has 31 heavy (non-hydrogen) atoms. The first-order valence-corrected chi connectivity index (χ1v) is 11.3. The zero-order valence-corrected chi connectivity index (χ0v) is 18.4. The minimum absolute atomic E-state index is 0.0850. The Morgan fingerprint density at radius 2 is 1.84 bits per heavy atom. The number of likely N-dealkylation sites (tertiary alicyclic amines) is 1. The molecular formula is C25H23N3O2S. The van der Waals surface area contributed by atoms with E-state index in [1.165, 1.54) is 11.3 Å². The number of aromatic amines is 1. The molecule has 0 radical (unpaired) electrons. The zero-order chi connectivity index (χ0) is 21.5. The van der Waals surface area contributed by atoms with Crippen LogP contribution in [-0.4, -0.2) is 33.9 Å². The number of fused-ring (bicyclic) bond motifs is 2. The Bertz CT molecular complexity index is 1410. The second-order valence-electron chi connectivity index (χ2n) is 8.04. The summed E-state index contributed by atoms with van der Waals surface area (Å²) in [5.74, 6) is 0.252. The quantitative estimate of drug-likeness (QED) is 0.470. The van der Waals surface area contributed by atoms with E-state index >= 15 is 0 Å². The summed E-state index contributed by atoms with van der Waals surface area (Å²) >= 11 is 1.49. The Morgan fingerprint density at radius 3 is 2.61 bits per heavy atom. The van der Waals surface area contributed by atoms with Gasteiger partial charge in [0.1, 0.15) is 10.7 Å². The lowest BCUT2D eigenvalue weighted by Crippen LogP contribution is -2.29. The van der Waals surface area contributed by atoms with Crippen LogP contribution in [0.3, 0.4) is 0 Å². The summed E-state index contributed by atoms with van der Waals surface area (Å²) in [6.07, 6.45) is 3.85. The van der Waals surface area contributed by atoms with Crippen molar-refractivity contribution >= 4 is 49.9 Å². The molecule has 1 fully saturated rings. The average Bonchev–Trinajstić information content (AvgIpc) is 3.40. The maximum absolute atomic E-state index is 13.4. The first-order valence-electron chi connectivity index (χ1n) is 10.5. The monoisotopic (exact) mass is 429 g/mol. The van der Waals surface area contributed by atoms with Crippen molar-refractivity contribution in [1.29, 1.82) is 0 Å². The van der Waals surface area contributed by atoms with E-state index in [1.54, 1.807) is 0 Å². The number of carbonyl (C=O) groups is 1. The molecule has 1 N–H and O–H groups in total. The number of hydrogen-bond donors (Lipinski definition) is 1. The van der Waals surface area contributed by atoms with Gasteiger partial charge in [0.25, 0.3) is 11.5 Å². The Balaban J connectivity index is 1.68. The average molecular weight is 430 g/mol. The Morgan fingerprint density at radius 1 is 1.10 bits per heavy atom. The first-order chi connectivity index (χ1) is 15.0. The maximum Gasteiger partial charge on any atom is 0.260 e. The minimum Gasteiger partial charge on any atom is -0.339 e. The van der Waals surface area contributed by atoms with Crippen molar-refractivity contribution in [3.05, 3.63) is 74.6 Å². The second-order valence-corrected chi connectivity index (χ2v) is 9.25. The Kier molecular flexibility index (Phi) is 4.94. The molecule has 0 atom stereocenters. The van der Waals surface area contributed by atoms with Gasteiger partial charge in [0, 0.05) is 18.0 Å². The number of nitrogens with one attached hydrogen (secondary N) is 1. The van der Waals surface area contributed by atoms with Gasteiger partial charge in [-0.25, -0.2) is 4.98 Å². The van der Waals surface area contributed by atoms with Crippen LogP contribution >= 0.6 is 11.3 Å². The fraction of sp³-hybridized carbons (Fsp3) is 0.240. The summed E-state index contributed by atoms with van der Waals surface area (Å²) in [7, 11) is 0. The summed E-state index contributed by atoms with van der Waals surface area (Å²) in [5, 5.41) is 2.86. The fourth-order valence-electron chi connectivity index (χ4n) is 4.17. The van der Waals surface area contributed by atoms with E-state index in [0.717, 1.165) is 52.7 Å². The molecule has 2 aromatic heterocycles. The SMILES string of the molecule is Cc1sc2nc(C(=Cc3ccc4ccccc4c3)C(=O)N3CCCC3)[nH]c(=O)c2c1C. The smallest absolute Gasteiger partial charge is 0.260 e. The molecule has 0 bridgehead atoms. The van der Waals surface area contributed by atoms with Gasteiger partial charge in [-0.05, 0) is 60.7 Å². The van der Waals surface area contributed by atoms with E-state index in [0.29, 0.717) is 21.6 Å². The third kappa shape index (κ3) is 3.57. The molecular weight excluding hydrogens is 406 g/mol. The zero-order valence-electron chi connectivity index (χ0n) is 17.6. The number of amides is 1. The first kappa shape index (κ1) is 19.7. The molecule has 0 aliphatic carbocycles. The summed E-state index contributed by atoms with van der Waals surface area (Å²) in [6, 6.07) is 14.2. The van der Waals surface area contributed by atoms with Gasteiger partial charge >= 0.3 is 0 Å². The predicted octanol–water partition coefficient (Wildman–Crippen LogP) is 4.92. The van der Waals surface area contributed by atoms with Crippen LogP contribution in [0.25, 0.3) is 32.6 Å². The summed E-state index contributed by atoms with van der Waals surface area (Å²) in [5.41, 5.74) is 2.09. The number of hydrogen-bond acceptors (Lipinski definition) is 4. The van der Waals surface area contributed by atoms with Gasteiger partial charge in [-0.2, -0.15) is 0 Å². The minimum atomic E-state index is -0.194. The standard InChI is InChI=1S/C25H23N3O2S/c1-15-16(2)31-24-21(15)23(29)26-22(27-24)20(25(30)28-11-5-6-12-28)14-17-9-10-18-7-3-4-8-19(18)13-17/h3-4,7-10,13-14H,5-6,11-12H2,1-2H3,(H,26,27,29). The van der Waals surface area contributed by atoms with Gasteiger partial charge in [0.2, 0.25) is 0 Å². The molecule has 1 saturated heterocycles. The molecule has 3 heterocycles. The van der Waals surface area contributed by atoms with Crippen molar-refractivity contribution < 1.29 is 4.79 Å². The molecule has 1 aliphatic heterocycles. The largest absolute Gasteiger partial charge is 0.339 e. The molecule has 5 nitrogen and oxygen atoms in total. The highest BCUT2D eigenvalue weighted by molar-refractivity contribution is 7.18. The molecule has 5 rings (SSSR count). The van der Waals surface area contributed by atoms with Crippen LogP contribution in [0.5, 0.6) is 0 Å². The molecule has 6 heteroatoms. The lowest BCUT2D eigenvalue weighted by molar-refractivity contribution is -0.123. The Hall–Kier alpha value is -3.25. The van der Waals surface area contributed by atoms with Gasteiger partial charge in [-0.1, -0.05) is 36.4 Å². The number of aryl methyl sites for hydroxylation is 2. The number of thiophene rings is 1. The lowest BCUT2D eigenvalue weighted by atomic mass is 10.0. The van der Waals surface area contributed by atoms with Crippen molar-refractivity contribution in [2.45, 2.75) is 26.7 Å². The van der Waals surface area contributed by atoms with Gasteiger partial charge in [0.15, 0.2) is 0 Å². The molecule has 1 aliphatic rings. The molecule has 1 amide bonds. The van der Waals surface area contributed by atoms with Gasteiger partial charge in [-0.15, -0.1) is 11.3 Å². The van der Waals surface area contributed by atoms with Crippen molar-refractivity contribution in [2.75, 3.05) is 13.1 Å². The van der Waals surface area contributed by atoms with Crippen molar-refractivity contribution in [3.8, 4) is 0 Å². The van der Waals surface area contributed by atoms with Crippen LogP contribution < -0.4 is 5.56 Å². The number of aromatic nitrogens is 2. The van der Waals surface area contributed by atoms with Crippen molar-refractivity contribution in [1.82, 2.24) is 14.9 Å². The molecule has 2 aromatic carbocycles. The number of H-pyrrole nitrogens is 1. The van der Waals surface area contributed by atoms with Crippen LogP contribution in [0.4, 0.5) is 0 Å². The topological polar surface area (TPSA) is 66.1 Å². The second kappa shape index (κ2) is 7.78.